The van der Waals surface area contributed by atoms with Crippen LogP contribution < -0.4 is 5.32 Å². The van der Waals surface area contributed by atoms with E-state index < -0.39 is 0 Å². The van der Waals surface area contributed by atoms with E-state index in [0.29, 0.717) is 19.8 Å². The number of carbonyl (C=O) groups is 1. The van der Waals surface area contributed by atoms with E-state index in [2.05, 4.69) is 5.32 Å². The molecule has 1 rings (SSSR count). The van der Waals surface area contributed by atoms with Crippen LogP contribution in [0.1, 0.15) is 39.5 Å². The summed E-state index contributed by atoms with van der Waals surface area (Å²) in [5.41, 5.74) is 0. The predicted octanol–water partition coefficient (Wildman–Crippen LogP) is 1.05. The standard InChI is InChI=1S/C13H25NO4/c1-3-17-12(18-4-2)9-14-13(16)10-5-7-11(15)8-6-10/h10-12,15H,3-9H2,1-2H3,(H,14,16)/t10-,11+. The van der Waals surface area contributed by atoms with Crippen LogP contribution in [-0.2, 0) is 14.3 Å². The number of amides is 1. The van der Waals surface area contributed by atoms with Crippen LogP contribution in [0.2, 0.25) is 0 Å². The number of rotatable bonds is 7. The maximum atomic E-state index is 11.9. The Labute approximate surface area is 109 Å². The van der Waals surface area contributed by atoms with E-state index in [-0.39, 0.29) is 24.2 Å². The second kappa shape index (κ2) is 8.45. The quantitative estimate of drug-likeness (QED) is 0.671. The first kappa shape index (κ1) is 15.4. The molecule has 0 radical (unpaired) electrons. The summed E-state index contributed by atoms with van der Waals surface area (Å²) >= 11 is 0. The fourth-order valence-electron chi connectivity index (χ4n) is 2.20. The Balaban J connectivity index is 2.26. The molecule has 1 aliphatic rings. The third-order valence-electron chi connectivity index (χ3n) is 3.22. The van der Waals surface area contributed by atoms with Crippen LogP contribution in [0.5, 0.6) is 0 Å². The Kier molecular flexibility index (Phi) is 7.23. The van der Waals surface area contributed by atoms with Gasteiger partial charge in [0.25, 0.3) is 0 Å². The molecule has 2 N–H and O–H groups in total. The van der Waals surface area contributed by atoms with Crippen LogP contribution in [0.3, 0.4) is 0 Å². The Morgan fingerprint density at radius 1 is 1.22 bits per heavy atom. The summed E-state index contributed by atoms with van der Waals surface area (Å²) in [6.45, 7) is 5.32. The summed E-state index contributed by atoms with van der Waals surface area (Å²) in [7, 11) is 0. The van der Waals surface area contributed by atoms with Crippen molar-refractivity contribution in [3.63, 3.8) is 0 Å². The lowest BCUT2D eigenvalue weighted by Gasteiger charge is -2.25. The number of carbonyl (C=O) groups excluding carboxylic acids is 1. The van der Waals surface area contributed by atoms with Crippen molar-refractivity contribution in [1.29, 1.82) is 0 Å². The van der Waals surface area contributed by atoms with Gasteiger partial charge in [-0.05, 0) is 39.5 Å². The topological polar surface area (TPSA) is 67.8 Å². The lowest BCUT2D eigenvalue weighted by Crippen LogP contribution is -2.40. The minimum absolute atomic E-state index is 0.0253. The Morgan fingerprint density at radius 2 is 1.78 bits per heavy atom. The Morgan fingerprint density at radius 3 is 2.28 bits per heavy atom. The van der Waals surface area contributed by atoms with Gasteiger partial charge in [0, 0.05) is 19.1 Å². The number of hydrogen-bond donors (Lipinski definition) is 2. The van der Waals surface area contributed by atoms with Gasteiger partial charge in [0.05, 0.1) is 12.6 Å². The van der Waals surface area contributed by atoms with E-state index in [0.717, 1.165) is 25.7 Å². The van der Waals surface area contributed by atoms with Crippen LogP contribution in [0.25, 0.3) is 0 Å². The van der Waals surface area contributed by atoms with Crippen LogP contribution >= 0.6 is 0 Å². The Bertz CT molecular complexity index is 233. The molecule has 5 nitrogen and oxygen atoms in total. The minimum Gasteiger partial charge on any atom is -0.393 e. The monoisotopic (exact) mass is 259 g/mol. The van der Waals surface area contributed by atoms with E-state index in [9.17, 15) is 9.90 Å². The van der Waals surface area contributed by atoms with Gasteiger partial charge in [0.2, 0.25) is 5.91 Å². The molecule has 0 heterocycles. The van der Waals surface area contributed by atoms with Crippen molar-refractivity contribution >= 4 is 5.91 Å². The number of nitrogens with one attached hydrogen (secondary N) is 1. The van der Waals surface area contributed by atoms with Gasteiger partial charge in [-0.2, -0.15) is 0 Å². The zero-order valence-corrected chi connectivity index (χ0v) is 11.4. The molecule has 106 valence electrons. The van der Waals surface area contributed by atoms with Gasteiger partial charge in [-0.25, -0.2) is 0 Å². The van der Waals surface area contributed by atoms with Gasteiger partial charge in [-0.3, -0.25) is 4.79 Å². The lowest BCUT2D eigenvalue weighted by molar-refractivity contribution is -0.142. The van der Waals surface area contributed by atoms with E-state index >= 15 is 0 Å². The van der Waals surface area contributed by atoms with Crippen molar-refractivity contribution in [2.24, 2.45) is 5.92 Å². The van der Waals surface area contributed by atoms with Crippen molar-refractivity contribution in [2.75, 3.05) is 19.8 Å². The second-order valence-electron chi connectivity index (χ2n) is 4.59. The summed E-state index contributed by atoms with van der Waals surface area (Å²) in [6, 6.07) is 0. The molecule has 0 saturated heterocycles. The molecule has 0 aromatic carbocycles. The molecule has 1 amide bonds. The van der Waals surface area contributed by atoms with Gasteiger partial charge in [-0.15, -0.1) is 0 Å². The van der Waals surface area contributed by atoms with Crippen LogP contribution in [0.15, 0.2) is 0 Å². The van der Waals surface area contributed by atoms with Gasteiger partial charge >= 0.3 is 0 Å². The van der Waals surface area contributed by atoms with Gasteiger partial charge in [0.15, 0.2) is 6.29 Å². The molecule has 0 aromatic rings. The molecule has 5 heteroatoms. The first-order chi connectivity index (χ1) is 8.67. The number of aliphatic hydroxyl groups excluding tert-OH is 1. The summed E-state index contributed by atoms with van der Waals surface area (Å²) in [5, 5.41) is 12.3. The van der Waals surface area contributed by atoms with Crippen LogP contribution in [0.4, 0.5) is 0 Å². The Hall–Kier alpha value is -0.650. The van der Waals surface area contributed by atoms with Gasteiger partial charge in [0.1, 0.15) is 0 Å². The fourth-order valence-corrected chi connectivity index (χ4v) is 2.20. The third-order valence-corrected chi connectivity index (χ3v) is 3.22. The summed E-state index contributed by atoms with van der Waals surface area (Å²) < 4.78 is 10.7. The van der Waals surface area contributed by atoms with Crippen molar-refractivity contribution in [3.8, 4) is 0 Å². The fraction of sp³-hybridized carbons (Fsp3) is 0.923. The molecule has 0 spiro atoms. The molecular formula is C13H25NO4. The smallest absolute Gasteiger partial charge is 0.223 e. The zero-order valence-electron chi connectivity index (χ0n) is 11.4. The highest BCUT2D eigenvalue weighted by Crippen LogP contribution is 2.24. The molecule has 1 saturated carbocycles. The summed E-state index contributed by atoms with van der Waals surface area (Å²) in [4.78, 5) is 11.9. The average molecular weight is 259 g/mol. The highest BCUT2D eigenvalue weighted by molar-refractivity contribution is 5.78. The maximum Gasteiger partial charge on any atom is 0.223 e. The van der Waals surface area contributed by atoms with E-state index in [1.807, 2.05) is 13.8 Å². The van der Waals surface area contributed by atoms with Gasteiger partial charge in [-0.1, -0.05) is 0 Å². The average Bonchev–Trinajstić information content (AvgIpc) is 2.37. The number of hydrogen-bond acceptors (Lipinski definition) is 4. The summed E-state index contributed by atoms with van der Waals surface area (Å²) in [5.74, 6) is 0.0728. The number of aliphatic hydroxyl groups is 1. The third kappa shape index (κ3) is 5.33. The molecule has 0 unspecified atom stereocenters. The molecule has 1 aliphatic carbocycles. The normalized spacial score (nSPS) is 24.2. The largest absolute Gasteiger partial charge is 0.393 e. The molecule has 18 heavy (non-hydrogen) atoms. The van der Waals surface area contributed by atoms with Crippen molar-refractivity contribution in [2.45, 2.75) is 51.9 Å². The van der Waals surface area contributed by atoms with E-state index in [4.69, 9.17) is 9.47 Å². The molecule has 0 bridgehead atoms. The molecule has 1 fully saturated rings. The highest BCUT2D eigenvalue weighted by Gasteiger charge is 2.25. The van der Waals surface area contributed by atoms with Crippen molar-refractivity contribution in [3.05, 3.63) is 0 Å². The second-order valence-corrected chi connectivity index (χ2v) is 4.59. The van der Waals surface area contributed by atoms with E-state index in [1.165, 1.54) is 0 Å². The molecule has 0 aliphatic heterocycles. The molecule has 0 atom stereocenters. The molecular weight excluding hydrogens is 234 g/mol. The minimum atomic E-state index is -0.363. The van der Waals surface area contributed by atoms with Crippen LogP contribution in [0, 0.1) is 5.92 Å². The predicted molar refractivity (Wildman–Crippen MR) is 68.0 cm³/mol. The first-order valence-electron chi connectivity index (χ1n) is 6.86. The van der Waals surface area contributed by atoms with E-state index in [1.54, 1.807) is 0 Å². The highest BCUT2D eigenvalue weighted by atomic mass is 16.7. The number of ether oxygens (including phenoxy) is 2. The lowest BCUT2D eigenvalue weighted by atomic mass is 9.87. The maximum absolute atomic E-state index is 11.9. The van der Waals surface area contributed by atoms with Crippen LogP contribution in [-0.4, -0.2) is 43.2 Å². The molecule has 0 aromatic heterocycles. The SMILES string of the molecule is CCOC(CNC(=O)[C@H]1CC[C@@H](O)CC1)OCC. The summed E-state index contributed by atoms with van der Waals surface area (Å²) in [6.07, 6.45) is 2.38. The van der Waals surface area contributed by atoms with Crippen molar-refractivity contribution < 1.29 is 19.4 Å². The first-order valence-corrected chi connectivity index (χ1v) is 6.86. The van der Waals surface area contributed by atoms with Gasteiger partial charge < -0.3 is 19.9 Å². The zero-order chi connectivity index (χ0) is 13.4. The van der Waals surface area contributed by atoms with Crippen molar-refractivity contribution in [1.82, 2.24) is 5.32 Å².